The van der Waals surface area contributed by atoms with Gasteiger partial charge in [0.1, 0.15) is 11.9 Å². The summed E-state index contributed by atoms with van der Waals surface area (Å²) in [6.45, 7) is 0. The number of nitro groups is 1. The predicted octanol–water partition coefficient (Wildman–Crippen LogP) is 2.94. The molecule has 1 aliphatic rings. The van der Waals surface area contributed by atoms with Crippen LogP contribution in [0.4, 0.5) is 11.4 Å². The summed E-state index contributed by atoms with van der Waals surface area (Å²) in [4.78, 5) is 22.2. The van der Waals surface area contributed by atoms with Crippen molar-refractivity contribution in [1.82, 2.24) is 0 Å². The van der Waals surface area contributed by atoms with Crippen LogP contribution in [-0.4, -0.2) is 22.1 Å². The molecule has 1 aliphatic heterocycles. The van der Waals surface area contributed by atoms with E-state index >= 15 is 0 Å². The lowest BCUT2D eigenvalue weighted by molar-refractivity contribution is -0.385. The highest BCUT2D eigenvalue weighted by molar-refractivity contribution is 5.84. The first-order chi connectivity index (χ1) is 11.6. The third-order valence-corrected chi connectivity index (χ3v) is 3.69. The van der Waals surface area contributed by atoms with Crippen LogP contribution in [0.1, 0.15) is 11.6 Å². The maximum absolute atomic E-state index is 11.4. The Morgan fingerprint density at radius 1 is 1.17 bits per heavy atom. The van der Waals surface area contributed by atoms with Crippen LogP contribution in [0, 0.1) is 10.1 Å². The molecule has 0 saturated heterocycles. The number of nitrogens with one attached hydrogen (secondary N) is 1. The molecule has 3 rings (SSSR count). The highest BCUT2D eigenvalue weighted by atomic mass is 16.6. The minimum Gasteiger partial charge on any atom is -0.506 e. The van der Waals surface area contributed by atoms with Gasteiger partial charge in [0, 0.05) is 12.1 Å². The molecule has 1 heterocycles. The molecule has 0 aliphatic carbocycles. The molecule has 0 spiro atoms. The zero-order chi connectivity index (χ0) is 17.1. The van der Waals surface area contributed by atoms with Crippen LogP contribution in [0.5, 0.6) is 5.75 Å². The molecule has 122 valence electrons. The second-order valence-electron chi connectivity index (χ2n) is 5.22. The monoisotopic (exact) mass is 326 g/mol. The Balaban J connectivity index is 2.03. The maximum Gasteiger partial charge on any atom is 0.331 e. The van der Waals surface area contributed by atoms with E-state index in [1.807, 2.05) is 0 Å². The van der Waals surface area contributed by atoms with E-state index in [2.05, 4.69) is 5.32 Å². The summed E-state index contributed by atoms with van der Waals surface area (Å²) >= 11 is 0. The van der Waals surface area contributed by atoms with Gasteiger partial charge in [-0.2, -0.15) is 0 Å². The van der Waals surface area contributed by atoms with Crippen LogP contribution in [0.15, 0.2) is 60.7 Å². The molecule has 0 aromatic heterocycles. The lowest BCUT2D eigenvalue weighted by Gasteiger charge is -2.24. The average molecular weight is 326 g/mol. The van der Waals surface area contributed by atoms with Crippen LogP contribution in [0.2, 0.25) is 0 Å². The molecular weight excluding hydrogens is 312 g/mol. The van der Waals surface area contributed by atoms with Crippen molar-refractivity contribution in [3.63, 3.8) is 0 Å². The third-order valence-electron chi connectivity index (χ3n) is 3.69. The van der Waals surface area contributed by atoms with Gasteiger partial charge in [0.15, 0.2) is 0 Å². The number of cyclic esters (lactones) is 1. The number of aromatic hydroxyl groups is 1. The van der Waals surface area contributed by atoms with E-state index in [-0.39, 0.29) is 11.4 Å². The molecule has 0 amide bonds. The fraction of sp³-hybridized carbons (Fsp3) is 0.118. The van der Waals surface area contributed by atoms with E-state index in [0.717, 1.165) is 0 Å². The van der Waals surface area contributed by atoms with Crippen LogP contribution in [0.3, 0.4) is 0 Å². The number of hydrogen-bond acceptors (Lipinski definition) is 6. The maximum atomic E-state index is 11.4. The van der Waals surface area contributed by atoms with E-state index in [0.29, 0.717) is 11.3 Å². The zero-order valence-corrected chi connectivity index (χ0v) is 12.5. The van der Waals surface area contributed by atoms with Crippen LogP contribution in [-0.2, 0) is 9.53 Å². The number of nitro benzene ring substituents is 1. The summed E-state index contributed by atoms with van der Waals surface area (Å²) in [6.07, 6.45) is 2.09. The molecule has 0 unspecified atom stereocenters. The SMILES string of the molecule is O=C1C=C[C@H]([C@@H](Nc2ccccc2O)c2ccccc2[N+](=O)[O-])O1. The van der Waals surface area contributed by atoms with Gasteiger partial charge in [-0.05, 0) is 24.3 Å². The molecule has 0 saturated carbocycles. The number of rotatable bonds is 5. The highest BCUT2D eigenvalue weighted by Gasteiger charge is 2.32. The van der Waals surface area contributed by atoms with Crippen LogP contribution in [0.25, 0.3) is 0 Å². The highest BCUT2D eigenvalue weighted by Crippen LogP contribution is 2.35. The Morgan fingerprint density at radius 3 is 2.54 bits per heavy atom. The number of phenolic OH excluding ortho intramolecular Hbond substituents is 1. The summed E-state index contributed by atoms with van der Waals surface area (Å²) in [5.74, 6) is -0.517. The largest absolute Gasteiger partial charge is 0.506 e. The summed E-state index contributed by atoms with van der Waals surface area (Å²) in [5.41, 5.74) is 0.647. The standard InChI is InChI=1S/C17H14N2O5/c20-14-8-4-2-6-12(14)18-17(15-9-10-16(21)24-15)11-5-1-3-7-13(11)19(22)23/h1-10,15,17-18,20H/t15-,17+/m1/s1. The molecule has 0 radical (unpaired) electrons. The first-order valence-electron chi connectivity index (χ1n) is 7.23. The van der Waals surface area contributed by atoms with Gasteiger partial charge in [0.05, 0.1) is 22.2 Å². The Kier molecular flexibility index (Phi) is 4.15. The molecule has 2 aromatic rings. The van der Waals surface area contributed by atoms with Crippen molar-refractivity contribution >= 4 is 17.3 Å². The van der Waals surface area contributed by atoms with Crippen molar-refractivity contribution in [2.45, 2.75) is 12.1 Å². The van der Waals surface area contributed by atoms with Crippen LogP contribution >= 0.6 is 0 Å². The van der Waals surface area contributed by atoms with Gasteiger partial charge in [0.2, 0.25) is 0 Å². The molecule has 2 aromatic carbocycles. The number of para-hydroxylation sites is 3. The van der Waals surface area contributed by atoms with E-state index in [4.69, 9.17) is 4.74 Å². The fourth-order valence-electron chi connectivity index (χ4n) is 2.58. The molecule has 24 heavy (non-hydrogen) atoms. The van der Waals surface area contributed by atoms with Gasteiger partial charge in [0.25, 0.3) is 5.69 Å². The fourth-order valence-corrected chi connectivity index (χ4v) is 2.58. The summed E-state index contributed by atoms with van der Waals surface area (Å²) in [6, 6.07) is 12.0. The number of nitrogens with zero attached hydrogens (tertiary/aromatic N) is 1. The van der Waals surface area contributed by atoms with Gasteiger partial charge in [-0.3, -0.25) is 10.1 Å². The lowest BCUT2D eigenvalue weighted by Crippen LogP contribution is -2.26. The van der Waals surface area contributed by atoms with Gasteiger partial charge in [-0.15, -0.1) is 0 Å². The number of benzene rings is 2. The predicted molar refractivity (Wildman–Crippen MR) is 86.6 cm³/mol. The van der Waals surface area contributed by atoms with E-state index in [1.165, 1.54) is 24.3 Å². The number of ether oxygens (including phenoxy) is 1. The summed E-state index contributed by atoms with van der Waals surface area (Å²) in [7, 11) is 0. The second kappa shape index (κ2) is 6.41. The quantitative estimate of drug-likeness (QED) is 0.379. The molecule has 2 atom stereocenters. The number of phenols is 1. The Morgan fingerprint density at radius 2 is 1.88 bits per heavy atom. The Hall–Kier alpha value is -3.35. The van der Waals surface area contributed by atoms with Crippen molar-refractivity contribution in [1.29, 1.82) is 0 Å². The van der Waals surface area contributed by atoms with Crippen molar-refractivity contribution in [3.05, 3.63) is 76.4 Å². The minimum atomic E-state index is -0.724. The number of carbonyl (C=O) groups is 1. The summed E-state index contributed by atoms with van der Waals surface area (Å²) in [5, 5.41) is 24.3. The van der Waals surface area contributed by atoms with Gasteiger partial charge < -0.3 is 15.2 Å². The van der Waals surface area contributed by atoms with Crippen molar-refractivity contribution in [2.75, 3.05) is 5.32 Å². The van der Waals surface area contributed by atoms with E-state index < -0.39 is 23.0 Å². The average Bonchev–Trinajstić information content (AvgIpc) is 3.00. The Bertz CT molecular complexity index is 818. The molecule has 7 nitrogen and oxygen atoms in total. The third kappa shape index (κ3) is 3.05. The van der Waals surface area contributed by atoms with E-state index in [1.54, 1.807) is 36.4 Å². The molecule has 0 fully saturated rings. The number of carbonyl (C=O) groups excluding carboxylic acids is 1. The van der Waals surface area contributed by atoms with Crippen LogP contribution < -0.4 is 5.32 Å². The van der Waals surface area contributed by atoms with Gasteiger partial charge in [-0.1, -0.05) is 24.3 Å². The molecule has 0 bridgehead atoms. The lowest BCUT2D eigenvalue weighted by atomic mass is 9.99. The minimum absolute atomic E-state index is 0.00520. The van der Waals surface area contributed by atoms with Gasteiger partial charge >= 0.3 is 5.97 Å². The van der Waals surface area contributed by atoms with Crippen molar-refractivity contribution in [3.8, 4) is 5.75 Å². The topological polar surface area (TPSA) is 102 Å². The molecular formula is C17H14N2O5. The van der Waals surface area contributed by atoms with Crippen molar-refractivity contribution < 1.29 is 19.6 Å². The number of hydrogen-bond donors (Lipinski definition) is 2. The number of esters is 1. The second-order valence-corrected chi connectivity index (χ2v) is 5.22. The Labute approximate surface area is 137 Å². The van der Waals surface area contributed by atoms with E-state index in [9.17, 15) is 20.0 Å². The van der Waals surface area contributed by atoms with Gasteiger partial charge in [-0.25, -0.2) is 4.79 Å². The smallest absolute Gasteiger partial charge is 0.331 e. The van der Waals surface area contributed by atoms with Crippen molar-refractivity contribution in [2.24, 2.45) is 0 Å². The summed E-state index contributed by atoms with van der Waals surface area (Å²) < 4.78 is 5.21. The zero-order valence-electron chi connectivity index (χ0n) is 12.5. The number of anilines is 1. The molecule has 2 N–H and O–H groups in total. The molecule has 7 heteroatoms. The first kappa shape index (κ1) is 15.5. The first-order valence-corrected chi connectivity index (χ1v) is 7.23. The normalized spacial score (nSPS) is 17.3.